The Labute approximate surface area is 179 Å². The van der Waals surface area contributed by atoms with Crippen molar-refractivity contribution in [2.45, 2.75) is 0 Å². The normalized spacial score (nSPS) is 10.6. The van der Waals surface area contributed by atoms with Crippen molar-refractivity contribution in [3.8, 4) is 0 Å². The average molecular weight is 466 g/mol. The van der Waals surface area contributed by atoms with Gasteiger partial charge in [0.05, 0.1) is 10.9 Å². The van der Waals surface area contributed by atoms with Gasteiger partial charge in [0.15, 0.2) is 11.4 Å². The van der Waals surface area contributed by atoms with Crippen molar-refractivity contribution in [1.82, 2.24) is 5.16 Å². The smallest absolute Gasteiger partial charge is 0.323 e. The summed E-state index contributed by atoms with van der Waals surface area (Å²) in [7, 11) is 0. The summed E-state index contributed by atoms with van der Waals surface area (Å²) in [6.07, 6.45) is 0. The van der Waals surface area contributed by atoms with E-state index in [1.165, 1.54) is 0 Å². The van der Waals surface area contributed by atoms with Gasteiger partial charge in [-0.15, -0.1) is 0 Å². The minimum Gasteiger partial charge on any atom is -0.380 e. The van der Waals surface area contributed by atoms with E-state index in [2.05, 4.69) is 37.0 Å². The van der Waals surface area contributed by atoms with Gasteiger partial charge in [0.2, 0.25) is 0 Å². The number of benzene rings is 3. The number of hydrogen-bond acceptors (Lipinski definition) is 5. The Bertz CT molecular complexity index is 1220. The number of rotatable bonds is 4. The maximum absolute atomic E-state index is 12.6. The summed E-state index contributed by atoms with van der Waals surface area (Å²) in [6, 6.07) is 18.6. The number of halogens is 1. The van der Waals surface area contributed by atoms with E-state index in [0.29, 0.717) is 33.6 Å². The molecular weight excluding hydrogens is 450 g/mol. The molecule has 0 unspecified atom stereocenters. The van der Waals surface area contributed by atoms with Crippen LogP contribution < -0.4 is 21.7 Å². The maximum Gasteiger partial charge on any atom is 0.323 e. The van der Waals surface area contributed by atoms with E-state index in [9.17, 15) is 9.59 Å². The number of anilines is 4. The van der Waals surface area contributed by atoms with E-state index < -0.39 is 0 Å². The molecule has 3 aromatic carbocycles. The molecule has 1 heterocycles. The van der Waals surface area contributed by atoms with E-state index in [1.807, 2.05) is 12.1 Å². The van der Waals surface area contributed by atoms with Gasteiger partial charge in [0.25, 0.3) is 5.91 Å². The van der Waals surface area contributed by atoms with E-state index in [0.717, 1.165) is 4.47 Å². The topological polar surface area (TPSA) is 122 Å². The van der Waals surface area contributed by atoms with Gasteiger partial charge in [-0.25, -0.2) is 4.79 Å². The Kier molecular flexibility index (Phi) is 5.36. The highest BCUT2D eigenvalue weighted by Gasteiger charge is 2.16. The fourth-order valence-corrected chi connectivity index (χ4v) is 3.13. The fraction of sp³-hybridized carbons (Fsp3) is 0. The molecule has 8 nitrogen and oxygen atoms in total. The number of nitrogens with two attached hydrogens (primary N) is 1. The van der Waals surface area contributed by atoms with E-state index >= 15 is 0 Å². The Hall–Kier alpha value is -3.85. The molecule has 0 atom stereocenters. The van der Waals surface area contributed by atoms with Crippen LogP contribution in [0.25, 0.3) is 11.0 Å². The number of nitrogen functional groups attached to an aromatic ring is 1. The van der Waals surface area contributed by atoms with Crippen LogP contribution in [0.1, 0.15) is 10.4 Å². The van der Waals surface area contributed by atoms with Crippen molar-refractivity contribution in [3.63, 3.8) is 0 Å². The first-order chi connectivity index (χ1) is 14.5. The molecule has 9 heteroatoms. The summed E-state index contributed by atoms with van der Waals surface area (Å²) in [5.74, 6) is -0.184. The van der Waals surface area contributed by atoms with Crippen LogP contribution in [0, 0.1) is 0 Å². The second-order valence-electron chi connectivity index (χ2n) is 6.36. The predicted molar refractivity (Wildman–Crippen MR) is 120 cm³/mol. The largest absolute Gasteiger partial charge is 0.380 e. The van der Waals surface area contributed by atoms with Crippen molar-refractivity contribution in [1.29, 1.82) is 0 Å². The van der Waals surface area contributed by atoms with Gasteiger partial charge in [-0.2, -0.15) is 0 Å². The lowest BCUT2D eigenvalue weighted by Crippen LogP contribution is -2.19. The first-order valence-electron chi connectivity index (χ1n) is 8.88. The molecule has 3 amide bonds. The zero-order valence-electron chi connectivity index (χ0n) is 15.5. The summed E-state index contributed by atoms with van der Waals surface area (Å²) in [5.41, 5.74) is 8.41. The molecule has 5 N–H and O–H groups in total. The lowest BCUT2D eigenvalue weighted by molar-refractivity contribution is 0.102. The molecule has 0 fully saturated rings. The standard InChI is InChI=1S/C21H16BrN5O3/c22-12-4-6-14(7-5-12)25-21(29)26-15-10-8-13(9-11-15)24-20(28)16-2-1-3-17-18(16)19(23)27-30-17/h1-11H,(H2,23,27)(H,24,28)(H2,25,26,29). The lowest BCUT2D eigenvalue weighted by atomic mass is 10.1. The molecule has 30 heavy (non-hydrogen) atoms. The summed E-state index contributed by atoms with van der Waals surface area (Å²) >= 11 is 3.34. The number of amides is 3. The quantitative estimate of drug-likeness (QED) is 0.335. The molecule has 1 aromatic heterocycles. The van der Waals surface area contributed by atoms with Gasteiger partial charge in [-0.05, 0) is 60.7 Å². The SMILES string of the molecule is Nc1noc2cccc(C(=O)Nc3ccc(NC(=O)Nc4ccc(Br)cc4)cc3)c12. The fourth-order valence-electron chi connectivity index (χ4n) is 2.87. The molecule has 0 aliphatic carbocycles. The van der Waals surface area contributed by atoms with Crippen molar-refractivity contribution in [2.24, 2.45) is 0 Å². The zero-order valence-corrected chi connectivity index (χ0v) is 17.1. The van der Waals surface area contributed by atoms with Crippen molar-refractivity contribution in [3.05, 3.63) is 76.8 Å². The Balaban J connectivity index is 1.40. The van der Waals surface area contributed by atoms with Crippen LogP contribution in [-0.2, 0) is 0 Å². The van der Waals surface area contributed by atoms with Gasteiger partial charge in [-0.1, -0.05) is 27.2 Å². The number of carbonyl (C=O) groups is 2. The zero-order chi connectivity index (χ0) is 21.1. The van der Waals surface area contributed by atoms with E-state index in [4.69, 9.17) is 10.3 Å². The van der Waals surface area contributed by atoms with Crippen molar-refractivity contribution >= 4 is 61.7 Å². The summed E-state index contributed by atoms with van der Waals surface area (Å²) in [5, 5.41) is 12.4. The molecule has 0 spiro atoms. The molecular formula is C21H16BrN5O3. The molecule has 0 radical (unpaired) electrons. The molecule has 0 saturated carbocycles. The van der Waals surface area contributed by atoms with Gasteiger partial charge >= 0.3 is 6.03 Å². The first kappa shape index (κ1) is 19.5. The van der Waals surface area contributed by atoms with Crippen LogP contribution in [-0.4, -0.2) is 17.1 Å². The molecule has 4 aromatic rings. The number of hydrogen-bond donors (Lipinski definition) is 4. The molecule has 0 aliphatic rings. The van der Waals surface area contributed by atoms with Gasteiger partial charge in [0.1, 0.15) is 0 Å². The molecule has 0 saturated heterocycles. The highest BCUT2D eigenvalue weighted by Crippen LogP contribution is 2.25. The Morgan fingerprint density at radius 1 is 0.833 bits per heavy atom. The van der Waals surface area contributed by atoms with Crippen molar-refractivity contribution < 1.29 is 14.1 Å². The Morgan fingerprint density at radius 3 is 2.03 bits per heavy atom. The lowest BCUT2D eigenvalue weighted by Gasteiger charge is -2.10. The Morgan fingerprint density at radius 2 is 1.40 bits per heavy atom. The second kappa shape index (κ2) is 8.26. The molecule has 150 valence electrons. The van der Waals surface area contributed by atoms with Crippen LogP contribution in [0.3, 0.4) is 0 Å². The monoisotopic (exact) mass is 465 g/mol. The van der Waals surface area contributed by atoms with Crippen LogP contribution in [0.4, 0.5) is 27.7 Å². The average Bonchev–Trinajstić information content (AvgIpc) is 3.12. The number of urea groups is 1. The highest BCUT2D eigenvalue weighted by atomic mass is 79.9. The number of nitrogens with zero attached hydrogens (tertiary/aromatic N) is 1. The summed E-state index contributed by atoms with van der Waals surface area (Å²) in [4.78, 5) is 24.8. The number of fused-ring (bicyclic) bond motifs is 1. The van der Waals surface area contributed by atoms with Crippen molar-refractivity contribution in [2.75, 3.05) is 21.7 Å². The van der Waals surface area contributed by atoms with Crippen LogP contribution in [0.2, 0.25) is 0 Å². The third-order valence-corrected chi connectivity index (χ3v) is 4.80. The second-order valence-corrected chi connectivity index (χ2v) is 7.28. The van der Waals surface area contributed by atoms with E-state index in [1.54, 1.807) is 54.6 Å². The number of carbonyl (C=O) groups excluding carboxylic acids is 2. The minimum absolute atomic E-state index is 0.159. The molecule has 4 rings (SSSR count). The number of nitrogens with one attached hydrogen (secondary N) is 3. The van der Waals surface area contributed by atoms with Crippen LogP contribution in [0.5, 0.6) is 0 Å². The third-order valence-electron chi connectivity index (χ3n) is 4.27. The van der Waals surface area contributed by atoms with Gasteiger partial charge in [0, 0.05) is 21.5 Å². The first-order valence-corrected chi connectivity index (χ1v) is 9.68. The summed E-state index contributed by atoms with van der Waals surface area (Å²) < 4.78 is 6.01. The van der Waals surface area contributed by atoms with Gasteiger partial charge < -0.3 is 26.2 Å². The van der Waals surface area contributed by atoms with Crippen LogP contribution >= 0.6 is 15.9 Å². The minimum atomic E-state index is -0.372. The van der Waals surface area contributed by atoms with Crippen LogP contribution in [0.15, 0.2) is 75.7 Å². The molecule has 0 aliphatic heterocycles. The number of aromatic nitrogens is 1. The van der Waals surface area contributed by atoms with Gasteiger partial charge in [-0.3, -0.25) is 4.79 Å². The summed E-state index contributed by atoms with van der Waals surface area (Å²) in [6.45, 7) is 0. The van der Waals surface area contributed by atoms with E-state index in [-0.39, 0.29) is 17.8 Å². The predicted octanol–water partition coefficient (Wildman–Crippen LogP) is 5.07. The highest BCUT2D eigenvalue weighted by molar-refractivity contribution is 9.10. The maximum atomic E-state index is 12.6. The molecule has 0 bridgehead atoms. The third kappa shape index (κ3) is 4.26.